The van der Waals surface area contributed by atoms with Gasteiger partial charge < -0.3 is 15.1 Å². The van der Waals surface area contributed by atoms with Crippen LogP contribution in [0.3, 0.4) is 0 Å². The molecule has 0 radical (unpaired) electrons. The van der Waals surface area contributed by atoms with E-state index in [1.165, 1.54) is 0 Å². The number of nitrogens with zero attached hydrogens (tertiary/aromatic N) is 2. The Kier molecular flexibility index (Phi) is 10.5. The van der Waals surface area contributed by atoms with Crippen molar-refractivity contribution in [1.29, 1.82) is 0 Å². The molecule has 0 aliphatic carbocycles. The van der Waals surface area contributed by atoms with Crippen molar-refractivity contribution in [3.8, 4) is 44.5 Å². The molecule has 9 rings (SSSR count). The molecule has 0 amide bonds. The Labute approximate surface area is 313 Å². The number of aromatic nitrogens is 4. The Hall–Kier alpha value is -6.07. The summed E-state index contributed by atoms with van der Waals surface area (Å²) in [5.41, 5.74) is 16.2. The van der Waals surface area contributed by atoms with Crippen LogP contribution in [-0.2, 0) is 23.2 Å². The number of fused-ring (bicyclic) bond motifs is 8. The summed E-state index contributed by atoms with van der Waals surface area (Å²) in [6.45, 7) is 0. The Morgan fingerprint density at radius 3 is 0.788 bits per heavy atom. The standard InChI is InChI=1S/C44H30N4.CH4O.Mo.O/c1-5-13-29(14-6-1)41-33-21-23-35(45-33)42(30-15-7-2-8-16-30)37-25-27-39(47-37)44(32-19-11-4-12-20-32)40-28-26-38(48-40)43(31-17-9-3-10-18-31)36-24-22-34(41)46-36;1-2;;/h1-28,45,48H;2H,1H3;;. The number of H-pyrrole nitrogens is 2. The second-order valence-corrected chi connectivity index (χ2v) is 12.0. The maximum atomic E-state index is 8.26. The minimum absolute atomic E-state index is 0.700. The zero-order valence-corrected chi connectivity index (χ0v) is 30.3. The number of aliphatic hydroxyl groups excluding tert-OH is 1. The van der Waals surface area contributed by atoms with Crippen LogP contribution in [0.15, 0.2) is 146 Å². The normalized spacial score (nSPS) is 11.3. The fraction of sp³-hybridized carbons (Fsp3) is 0.0222. The molecular weight excluding hydrogens is 724 g/mol. The molecule has 2 aliphatic rings. The average molecular weight is 759 g/mol. The van der Waals surface area contributed by atoms with Gasteiger partial charge in [-0.2, -0.15) is 0 Å². The van der Waals surface area contributed by atoms with Crippen LogP contribution in [0.5, 0.6) is 0 Å². The molecule has 0 saturated heterocycles. The first-order valence-electron chi connectivity index (χ1n) is 16.8. The molecule has 7 heteroatoms. The first kappa shape index (κ1) is 34.4. The van der Waals surface area contributed by atoms with Crippen molar-refractivity contribution in [3.05, 3.63) is 168 Å². The van der Waals surface area contributed by atoms with Crippen molar-refractivity contribution in [1.82, 2.24) is 19.9 Å². The first-order chi connectivity index (χ1) is 25.8. The molecule has 0 unspecified atom stereocenters. The third kappa shape index (κ3) is 6.70. The summed E-state index contributed by atoms with van der Waals surface area (Å²) >= 11 is 0.700. The molecule has 0 fully saturated rings. The Morgan fingerprint density at radius 1 is 0.365 bits per heavy atom. The third-order valence-corrected chi connectivity index (χ3v) is 9.00. The fourth-order valence-electron chi connectivity index (χ4n) is 6.84. The van der Waals surface area contributed by atoms with Crippen molar-refractivity contribution < 1.29 is 28.3 Å². The van der Waals surface area contributed by atoms with E-state index in [0.29, 0.717) is 19.8 Å². The molecule has 0 atom stereocenters. The van der Waals surface area contributed by atoms with E-state index >= 15 is 0 Å². The minimum atomic E-state index is 0.700. The van der Waals surface area contributed by atoms with Crippen molar-refractivity contribution >= 4 is 46.4 Å². The van der Waals surface area contributed by atoms with Crippen LogP contribution in [0, 0.1) is 0 Å². The van der Waals surface area contributed by atoms with E-state index < -0.39 is 0 Å². The number of hydrogen-bond donors (Lipinski definition) is 3. The summed E-state index contributed by atoms with van der Waals surface area (Å²) in [5.74, 6) is 0. The van der Waals surface area contributed by atoms with Crippen LogP contribution < -0.4 is 0 Å². The van der Waals surface area contributed by atoms with Crippen molar-refractivity contribution in [2.75, 3.05) is 7.11 Å². The summed E-state index contributed by atoms with van der Waals surface area (Å²) in [7, 11) is 1.00. The van der Waals surface area contributed by atoms with Gasteiger partial charge >= 0.3 is 23.2 Å². The van der Waals surface area contributed by atoms with Crippen molar-refractivity contribution in [2.24, 2.45) is 0 Å². The molecule has 4 aromatic carbocycles. The van der Waals surface area contributed by atoms with Gasteiger partial charge in [-0.3, -0.25) is 0 Å². The van der Waals surface area contributed by atoms with Crippen LogP contribution in [-0.4, -0.2) is 32.2 Å². The number of aromatic amines is 2. The number of nitrogens with one attached hydrogen (secondary N) is 2. The summed E-state index contributed by atoms with van der Waals surface area (Å²) in [5, 5.41) is 7.00. The van der Waals surface area contributed by atoms with E-state index in [4.69, 9.17) is 18.5 Å². The third-order valence-electron chi connectivity index (χ3n) is 9.00. The van der Waals surface area contributed by atoms with Gasteiger partial charge in [0.25, 0.3) is 0 Å². The Bertz CT molecular complexity index is 2210. The van der Waals surface area contributed by atoms with Crippen LogP contribution in [0.2, 0.25) is 0 Å². The quantitative estimate of drug-likeness (QED) is 0.156. The monoisotopic (exact) mass is 760 g/mol. The van der Waals surface area contributed by atoms with Gasteiger partial charge in [0.15, 0.2) is 0 Å². The molecule has 5 heterocycles. The molecule has 6 nitrogen and oxygen atoms in total. The molecule has 2 aliphatic heterocycles. The molecule has 3 aromatic heterocycles. The summed E-state index contributed by atoms with van der Waals surface area (Å²) in [6, 6.07) is 50.7. The molecule has 52 heavy (non-hydrogen) atoms. The molecule has 7 aromatic rings. The molecule has 0 spiro atoms. The van der Waals surface area contributed by atoms with Crippen LogP contribution in [0.4, 0.5) is 0 Å². The van der Waals surface area contributed by atoms with E-state index in [1.807, 2.05) is 24.3 Å². The Morgan fingerprint density at radius 2 is 0.577 bits per heavy atom. The number of benzene rings is 4. The summed E-state index contributed by atoms with van der Waals surface area (Å²) in [6.07, 6.45) is 8.54. The van der Waals surface area contributed by atoms with Crippen molar-refractivity contribution in [3.63, 3.8) is 0 Å². The van der Waals surface area contributed by atoms with Crippen molar-refractivity contribution in [2.45, 2.75) is 0 Å². The molecule has 3 N–H and O–H groups in total. The second kappa shape index (κ2) is 15.9. The summed E-state index contributed by atoms with van der Waals surface area (Å²) < 4.78 is 8.26. The number of aliphatic hydroxyl groups is 1. The topological polar surface area (TPSA) is 94.7 Å². The van der Waals surface area contributed by atoms with E-state index in [1.54, 1.807) is 0 Å². The van der Waals surface area contributed by atoms with Gasteiger partial charge in [-0.25, -0.2) is 9.97 Å². The SMILES string of the molecule is C1=Cc2nc1c(-c1ccccc1)c1ccc([nH]1)c(-c1ccccc1)c1nc(c(-c3ccccc3)c3ccc([nH]3)c2-c2ccccc2)C=C1.CO.[O]=[Mo]. The van der Waals surface area contributed by atoms with Crippen LogP contribution in [0.25, 0.3) is 90.9 Å². The van der Waals surface area contributed by atoms with E-state index in [0.717, 1.165) is 96.5 Å². The average Bonchev–Trinajstić information content (AvgIpc) is 4.06. The van der Waals surface area contributed by atoms with E-state index in [2.05, 4.69) is 156 Å². The van der Waals surface area contributed by atoms with Gasteiger partial charge in [-0.05, 0) is 70.8 Å². The predicted octanol–water partition coefficient (Wildman–Crippen LogP) is 10.8. The predicted molar refractivity (Wildman–Crippen MR) is 209 cm³/mol. The van der Waals surface area contributed by atoms with Crippen LogP contribution in [0.1, 0.15) is 22.8 Å². The van der Waals surface area contributed by atoms with E-state index in [-0.39, 0.29) is 0 Å². The number of hydrogen-bond acceptors (Lipinski definition) is 4. The zero-order chi connectivity index (χ0) is 35.9. The van der Waals surface area contributed by atoms with Gasteiger partial charge in [0.05, 0.1) is 22.8 Å². The van der Waals surface area contributed by atoms with Gasteiger partial charge in [0.2, 0.25) is 0 Å². The Balaban J connectivity index is 0.00000102. The van der Waals surface area contributed by atoms with E-state index in [9.17, 15) is 0 Å². The van der Waals surface area contributed by atoms with Gasteiger partial charge in [-0.15, -0.1) is 0 Å². The maximum absolute atomic E-state index is 8.26. The zero-order valence-electron chi connectivity index (χ0n) is 28.3. The van der Waals surface area contributed by atoms with Gasteiger partial charge in [0.1, 0.15) is 0 Å². The molecule has 0 saturated carbocycles. The second-order valence-electron chi connectivity index (χ2n) is 12.0. The summed E-state index contributed by atoms with van der Waals surface area (Å²) in [4.78, 5) is 18.3. The van der Waals surface area contributed by atoms with Gasteiger partial charge in [-0.1, -0.05) is 121 Å². The molecule has 8 bridgehead atoms. The molecular formula is C45H34MoN4O2. The van der Waals surface area contributed by atoms with Gasteiger partial charge in [0, 0.05) is 51.4 Å². The fourth-order valence-corrected chi connectivity index (χ4v) is 6.84. The molecule has 252 valence electrons. The first-order valence-corrected chi connectivity index (χ1v) is 17.6. The van der Waals surface area contributed by atoms with Crippen LogP contribution >= 0.6 is 0 Å². The number of rotatable bonds is 4.